The summed E-state index contributed by atoms with van der Waals surface area (Å²) in [5, 5.41) is 9.48. The fourth-order valence-electron chi connectivity index (χ4n) is 2.44. The summed E-state index contributed by atoms with van der Waals surface area (Å²) in [5.41, 5.74) is 1.22. The zero-order valence-corrected chi connectivity index (χ0v) is 17.4. The van der Waals surface area contributed by atoms with Gasteiger partial charge in [-0.05, 0) is 42.0 Å². The summed E-state index contributed by atoms with van der Waals surface area (Å²) in [5.74, 6) is 3.13. The Labute approximate surface area is 171 Å². The molecule has 3 rings (SSSR count). The molecule has 0 radical (unpaired) electrons. The van der Waals surface area contributed by atoms with Crippen molar-refractivity contribution in [2.24, 2.45) is 0 Å². The van der Waals surface area contributed by atoms with Gasteiger partial charge in [0.25, 0.3) is 0 Å². The van der Waals surface area contributed by atoms with Crippen molar-refractivity contribution in [3.63, 3.8) is 0 Å². The molecule has 0 spiro atoms. The van der Waals surface area contributed by atoms with Crippen molar-refractivity contribution in [3.8, 4) is 11.5 Å². The average molecular weight is 446 g/mol. The first-order valence-corrected chi connectivity index (χ1v) is 10.1. The van der Waals surface area contributed by atoms with Gasteiger partial charge in [0.05, 0.1) is 7.11 Å². The first kappa shape index (κ1) is 19.5. The maximum atomic E-state index is 5.84. The smallest absolute Gasteiger partial charge is 0.191 e. The molecule has 0 fully saturated rings. The molecule has 140 valence electrons. The van der Waals surface area contributed by atoms with E-state index in [1.807, 2.05) is 47.0 Å². The molecule has 5 nitrogen and oxygen atoms in total. The Balaban J connectivity index is 1.67. The summed E-state index contributed by atoms with van der Waals surface area (Å²) in [6.45, 7) is 4.81. The number of thioether (sulfide) groups is 1. The zero-order chi connectivity index (χ0) is 19.1. The van der Waals surface area contributed by atoms with Gasteiger partial charge in [0.2, 0.25) is 0 Å². The van der Waals surface area contributed by atoms with Gasteiger partial charge >= 0.3 is 0 Å². The van der Waals surface area contributed by atoms with E-state index in [9.17, 15) is 0 Å². The molecular formula is C20H20BrN3O2S. The molecule has 0 bridgehead atoms. The predicted molar refractivity (Wildman–Crippen MR) is 111 cm³/mol. The molecular weight excluding hydrogens is 426 g/mol. The van der Waals surface area contributed by atoms with Crippen LogP contribution in [0.3, 0.4) is 0 Å². The van der Waals surface area contributed by atoms with Crippen LogP contribution in [-0.2, 0) is 18.9 Å². The predicted octanol–water partition coefficient (Wildman–Crippen LogP) is 5.11. The van der Waals surface area contributed by atoms with Crippen LogP contribution in [0.1, 0.15) is 11.4 Å². The number of hydrogen-bond acceptors (Lipinski definition) is 5. The number of nitrogens with zero attached hydrogens (tertiary/aromatic N) is 3. The van der Waals surface area contributed by atoms with Gasteiger partial charge < -0.3 is 9.47 Å². The lowest BCUT2D eigenvalue weighted by Crippen LogP contribution is -2.07. The van der Waals surface area contributed by atoms with E-state index in [0.717, 1.165) is 32.7 Å². The molecule has 0 aliphatic rings. The van der Waals surface area contributed by atoms with E-state index in [1.54, 1.807) is 18.9 Å². The molecule has 0 aliphatic carbocycles. The first-order valence-electron chi connectivity index (χ1n) is 8.36. The maximum absolute atomic E-state index is 5.84. The SMILES string of the molecule is C=CCn1c(COc2ccc(OC)cc2)nnc1SCc1cccc(Br)c1. The van der Waals surface area contributed by atoms with E-state index < -0.39 is 0 Å². The van der Waals surface area contributed by atoms with Crippen molar-refractivity contribution in [1.29, 1.82) is 0 Å². The summed E-state index contributed by atoms with van der Waals surface area (Å²) in [4.78, 5) is 0. The second kappa shape index (κ2) is 9.62. The van der Waals surface area contributed by atoms with Crippen molar-refractivity contribution >= 4 is 27.7 Å². The molecule has 0 atom stereocenters. The second-order valence-electron chi connectivity index (χ2n) is 5.68. The molecule has 3 aromatic rings. The summed E-state index contributed by atoms with van der Waals surface area (Å²) >= 11 is 5.15. The summed E-state index contributed by atoms with van der Waals surface area (Å²) < 4.78 is 14.1. The van der Waals surface area contributed by atoms with Crippen LogP contribution in [0, 0.1) is 0 Å². The normalized spacial score (nSPS) is 10.6. The largest absolute Gasteiger partial charge is 0.497 e. The van der Waals surface area contributed by atoms with E-state index >= 15 is 0 Å². The number of allylic oxidation sites excluding steroid dienone is 1. The zero-order valence-electron chi connectivity index (χ0n) is 15.0. The minimum Gasteiger partial charge on any atom is -0.497 e. The Bertz CT molecular complexity index is 896. The van der Waals surface area contributed by atoms with Crippen molar-refractivity contribution < 1.29 is 9.47 Å². The van der Waals surface area contributed by atoms with Crippen molar-refractivity contribution in [3.05, 3.63) is 77.0 Å². The van der Waals surface area contributed by atoms with E-state index in [-0.39, 0.29) is 0 Å². The van der Waals surface area contributed by atoms with Crippen LogP contribution in [0.2, 0.25) is 0 Å². The van der Waals surface area contributed by atoms with Gasteiger partial charge in [0, 0.05) is 16.8 Å². The van der Waals surface area contributed by atoms with Crippen LogP contribution in [-0.4, -0.2) is 21.9 Å². The third-order valence-corrected chi connectivity index (χ3v) is 5.32. The van der Waals surface area contributed by atoms with Crippen LogP contribution in [0.25, 0.3) is 0 Å². The maximum Gasteiger partial charge on any atom is 0.191 e. The quantitative estimate of drug-likeness (QED) is 0.338. The van der Waals surface area contributed by atoms with Gasteiger partial charge in [-0.15, -0.1) is 16.8 Å². The van der Waals surface area contributed by atoms with Crippen LogP contribution >= 0.6 is 27.7 Å². The highest BCUT2D eigenvalue weighted by molar-refractivity contribution is 9.10. The topological polar surface area (TPSA) is 49.2 Å². The minimum atomic E-state index is 0.338. The lowest BCUT2D eigenvalue weighted by atomic mass is 10.2. The number of benzene rings is 2. The van der Waals surface area contributed by atoms with Crippen LogP contribution in [0.15, 0.2) is 70.8 Å². The Hall–Kier alpha value is -2.25. The average Bonchev–Trinajstić information content (AvgIpc) is 3.07. The molecule has 0 saturated heterocycles. The van der Waals surface area contributed by atoms with Crippen LogP contribution < -0.4 is 9.47 Å². The van der Waals surface area contributed by atoms with Gasteiger partial charge in [0.15, 0.2) is 11.0 Å². The standard InChI is InChI=1S/C20H20BrN3O2S/c1-3-11-24-19(13-26-18-9-7-17(25-2)8-10-18)22-23-20(24)27-14-15-5-4-6-16(21)12-15/h3-10,12H,1,11,13-14H2,2H3. The minimum absolute atomic E-state index is 0.338. The Kier molecular flexibility index (Phi) is 6.95. The second-order valence-corrected chi connectivity index (χ2v) is 7.54. The Morgan fingerprint density at radius 2 is 1.93 bits per heavy atom. The fourth-order valence-corrected chi connectivity index (χ4v) is 3.80. The molecule has 0 saturated carbocycles. The number of methoxy groups -OCH3 is 1. The molecule has 27 heavy (non-hydrogen) atoms. The summed E-state index contributed by atoms with van der Waals surface area (Å²) in [6.07, 6.45) is 1.84. The highest BCUT2D eigenvalue weighted by Gasteiger charge is 2.13. The highest BCUT2D eigenvalue weighted by atomic mass is 79.9. The van der Waals surface area contributed by atoms with Gasteiger partial charge in [-0.1, -0.05) is 45.9 Å². The van der Waals surface area contributed by atoms with Gasteiger partial charge in [-0.25, -0.2) is 0 Å². The first-order chi connectivity index (χ1) is 13.2. The van der Waals surface area contributed by atoms with Crippen LogP contribution in [0.5, 0.6) is 11.5 Å². The number of ether oxygens (including phenoxy) is 2. The summed E-state index contributed by atoms with van der Waals surface area (Å²) in [6, 6.07) is 15.7. The van der Waals surface area contributed by atoms with E-state index in [0.29, 0.717) is 13.2 Å². The molecule has 0 aliphatic heterocycles. The van der Waals surface area contributed by atoms with E-state index in [4.69, 9.17) is 9.47 Å². The molecule has 0 unspecified atom stereocenters. The van der Waals surface area contributed by atoms with Gasteiger partial charge in [-0.2, -0.15) is 0 Å². The molecule has 1 heterocycles. The van der Waals surface area contributed by atoms with Crippen molar-refractivity contribution in [2.45, 2.75) is 24.1 Å². The fraction of sp³-hybridized carbons (Fsp3) is 0.200. The van der Waals surface area contributed by atoms with Gasteiger partial charge in [-0.3, -0.25) is 4.57 Å². The van der Waals surface area contributed by atoms with E-state index in [1.165, 1.54) is 5.56 Å². The molecule has 0 N–H and O–H groups in total. The Morgan fingerprint density at radius 3 is 2.63 bits per heavy atom. The third kappa shape index (κ3) is 5.37. The Morgan fingerprint density at radius 1 is 1.15 bits per heavy atom. The van der Waals surface area contributed by atoms with Crippen molar-refractivity contribution in [1.82, 2.24) is 14.8 Å². The van der Waals surface area contributed by atoms with Gasteiger partial charge in [0.1, 0.15) is 18.1 Å². The number of aromatic nitrogens is 3. The number of hydrogen-bond donors (Lipinski definition) is 0. The lowest BCUT2D eigenvalue weighted by Gasteiger charge is -2.09. The van der Waals surface area contributed by atoms with E-state index in [2.05, 4.69) is 44.8 Å². The summed E-state index contributed by atoms with van der Waals surface area (Å²) in [7, 11) is 1.64. The molecule has 0 amide bonds. The monoisotopic (exact) mass is 445 g/mol. The molecule has 2 aromatic carbocycles. The number of halogens is 1. The molecule has 7 heteroatoms. The lowest BCUT2D eigenvalue weighted by molar-refractivity contribution is 0.288. The van der Waals surface area contributed by atoms with Crippen LogP contribution in [0.4, 0.5) is 0 Å². The van der Waals surface area contributed by atoms with Crippen molar-refractivity contribution in [2.75, 3.05) is 7.11 Å². The highest BCUT2D eigenvalue weighted by Crippen LogP contribution is 2.24. The third-order valence-electron chi connectivity index (χ3n) is 3.79. The molecule has 1 aromatic heterocycles. The number of rotatable bonds is 9.